The van der Waals surface area contributed by atoms with Crippen LogP contribution in [0.5, 0.6) is 0 Å². The molecule has 2 aromatic heterocycles. The van der Waals surface area contributed by atoms with Crippen LogP contribution in [-0.2, 0) is 11.0 Å². The van der Waals surface area contributed by atoms with E-state index in [1.54, 1.807) is 30.3 Å². The summed E-state index contributed by atoms with van der Waals surface area (Å²) in [7, 11) is 0. The topological polar surface area (TPSA) is 92.9 Å². The largest absolute Gasteiger partial charge is 0.478 e. The van der Waals surface area contributed by atoms with Gasteiger partial charge in [0.15, 0.2) is 11.5 Å². The molecule has 0 unspecified atom stereocenters. The van der Waals surface area contributed by atoms with E-state index in [2.05, 4.69) is 20.4 Å². The number of anilines is 2. The van der Waals surface area contributed by atoms with Gasteiger partial charge in [0.25, 0.3) is 0 Å². The zero-order valence-electron chi connectivity index (χ0n) is 17.2. The number of nitrogens with one attached hydrogen (secondary N) is 1. The minimum Gasteiger partial charge on any atom is -0.478 e. The molecule has 0 amide bonds. The van der Waals surface area contributed by atoms with Crippen molar-refractivity contribution in [1.29, 1.82) is 0 Å². The van der Waals surface area contributed by atoms with Crippen molar-refractivity contribution in [2.75, 3.05) is 5.32 Å². The monoisotopic (exact) mass is 469 g/mol. The van der Waals surface area contributed by atoms with Crippen LogP contribution in [0.1, 0.15) is 11.3 Å². The van der Waals surface area contributed by atoms with E-state index in [-0.39, 0.29) is 11.8 Å². The van der Waals surface area contributed by atoms with Gasteiger partial charge >= 0.3 is 12.1 Å². The van der Waals surface area contributed by atoms with Crippen LogP contribution >= 0.6 is 0 Å². The van der Waals surface area contributed by atoms with Crippen molar-refractivity contribution in [3.8, 4) is 16.9 Å². The maximum Gasteiger partial charge on any atom is 0.435 e. The van der Waals surface area contributed by atoms with Gasteiger partial charge in [-0.3, -0.25) is 0 Å². The van der Waals surface area contributed by atoms with Crippen LogP contribution in [0.25, 0.3) is 23.0 Å². The number of hydrogen-bond donors (Lipinski definition) is 2. The highest BCUT2D eigenvalue weighted by Crippen LogP contribution is 2.31. The Kier molecular flexibility index (Phi) is 6.09. The Hall–Kier alpha value is -4.54. The molecule has 0 radical (unpaired) electrons. The van der Waals surface area contributed by atoms with Gasteiger partial charge in [0.2, 0.25) is 5.95 Å². The third-order valence-corrected chi connectivity index (χ3v) is 4.56. The van der Waals surface area contributed by atoms with Crippen LogP contribution in [0.2, 0.25) is 0 Å². The number of carbonyl (C=O) groups is 1. The quantitative estimate of drug-likeness (QED) is 0.293. The standard InChI is InChI=1S/C23H15F4N5O2/c24-16-5-2-6-17(12-16)29-22-28-13-18(15-4-1-3-14(11-15)7-8-20(33)34)21(30-22)32-10-9-19(31-32)23(25,26)27/h1-13H,(H,33,34)(H,28,29,30)/b8-7+. The van der Waals surface area contributed by atoms with Crippen LogP contribution in [0.3, 0.4) is 0 Å². The van der Waals surface area contributed by atoms with Gasteiger partial charge in [-0.25, -0.2) is 18.9 Å². The average Bonchev–Trinajstić information content (AvgIpc) is 3.29. The van der Waals surface area contributed by atoms with E-state index in [4.69, 9.17) is 5.11 Å². The smallest absolute Gasteiger partial charge is 0.435 e. The Morgan fingerprint density at radius 3 is 2.59 bits per heavy atom. The Labute approximate surface area is 190 Å². The van der Waals surface area contributed by atoms with Crippen LogP contribution in [0.4, 0.5) is 29.2 Å². The Morgan fingerprint density at radius 2 is 1.88 bits per heavy atom. The fraction of sp³-hybridized carbons (Fsp3) is 0.0435. The first-order valence-electron chi connectivity index (χ1n) is 9.73. The summed E-state index contributed by atoms with van der Waals surface area (Å²) in [5.41, 5.74) is 0.645. The number of aromatic nitrogens is 4. The molecule has 2 N–H and O–H groups in total. The lowest BCUT2D eigenvalue weighted by molar-refractivity contribution is -0.141. The lowest BCUT2D eigenvalue weighted by atomic mass is 10.0. The van der Waals surface area contributed by atoms with E-state index in [0.717, 1.165) is 23.0 Å². The van der Waals surface area contributed by atoms with Crippen LogP contribution in [0, 0.1) is 5.82 Å². The zero-order valence-corrected chi connectivity index (χ0v) is 17.2. The number of nitrogens with zero attached hydrogens (tertiary/aromatic N) is 4. The third kappa shape index (κ3) is 5.26. The number of halogens is 4. The van der Waals surface area contributed by atoms with Crippen molar-refractivity contribution in [2.45, 2.75) is 6.18 Å². The highest BCUT2D eigenvalue weighted by molar-refractivity contribution is 5.85. The molecule has 0 saturated carbocycles. The van der Waals surface area contributed by atoms with Crippen LogP contribution < -0.4 is 5.32 Å². The molecular weight excluding hydrogens is 454 g/mol. The average molecular weight is 469 g/mol. The summed E-state index contributed by atoms with van der Waals surface area (Å²) in [6, 6.07) is 13.0. The van der Waals surface area contributed by atoms with E-state index >= 15 is 0 Å². The molecule has 172 valence electrons. The lowest BCUT2D eigenvalue weighted by Gasteiger charge is -2.12. The first kappa shape index (κ1) is 22.6. The fourth-order valence-electron chi connectivity index (χ4n) is 3.08. The van der Waals surface area contributed by atoms with Gasteiger partial charge < -0.3 is 10.4 Å². The minimum atomic E-state index is -4.65. The third-order valence-electron chi connectivity index (χ3n) is 4.56. The molecule has 0 aliphatic rings. The molecule has 11 heteroatoms. The molecule has 0 spiro atoms. The summed E-state index contributed by atoms with van der Waals surface area (Å²) in [6.07, 6.45) is 0.198. The summed E-state index contributed by atoms with van der Waals surface area (Å²) in [4.78, 5) is 19.3. The lowest BCUT2D eigenvalue weighted by Crippen LogP contribution is -2.10. The number of rotatable bonds is 6. The summed E-state index contributed by atoms with van der Waals surface area (Å²) in [5.74, 6) is -1.58. The molecule has 2 heterocycles. The minimum absolute atomic E-state index is 0.00957. The van der Waals surface area contributed by atoms with E-state index in [9.17, 15) is 22.4 Å². The summed E-state index contributed by atoms with van der Waals surface area (Å²) in [5, 5.41) is 15.3. The molecule has 7 nitrogen and oxygen atoms in total. The number of benzene rings is 2. The summed E-state index contributed by atoms with van der Waals surface area (Å²) >= 11 is 0. The van der Waals surface area contributed by atoms with E-state index in [1.165, 1.54) is 30.5 Å². The van der Waals surface area contributed by atoms with E-state index < -0.39 is 23.7 Å². The molecule has 0 bridgehead atoms. The molecule has 2 aromatic carbocycles. The highest BCUT2D eigenvalue weighted by atomic mass is 19.4. The number of hydrogen-bond acceptors (Lipinski definition) is 5. The molecule has 0 saturated heterocycles. The molecule has 4 rings (SSSR count). The predicted octanol–water partition coefficient (Wildman–Crippen LogP) is 5.33. The summed E-state index contributed by atoms with van der Waals surface area (Å²) < 4.78 is 53.9. The highest BCUT2D eigenvalue weighted by Gasteiger charge is 2.34. The normalized spacial score (nSPS) is 11.6. The van der Waals surface area contributed by atoms with Crippen molar-refractivity contribution in [1.82, 2.24) is 19.7 Å². The summed E-state index contributed by atoms with van der Waals surface area (Å²) in [6.45, 7) is 0. The van der Waals surface area contributed by atoms with E-state index in [0.29, 0.717) is 22.4 Å². The number of carboxylic acid groups (broad SMARTS) is 1. The molecule has 0 aliphatic carbocycles. The second-order valence-electron chi connectivity index (χ2n) is 7.01. The number of alkyl halides is 3. The molecule has 4 aromatic rings. The van der Waals surface area contributed by atoms with Crippen LogP contribution in [-0.4, -0.2) is 30.8 Å². The molecular formula is C23H15F4N5O2. The Morgan fingerprint density at radius 1 is 1.09 bits per heavy atom. The number of aliphatic carboxylic acids is 1. The maximum atomic E-state index is 13.5. The zero-order chi connectivity index (χ0) is 24.3. The van der Waals surface area contributed by atoms with E-state index in [1.807, 2.05) is 0 Å². The van der Waals surface area contributed by atoms with Crippen molar-refractivity contribution in [3.05, 3.63) is 90.1 Å². The SMILES string of the molecule is O=C(O)/C=C/c1cccc(-c2cnc(Nc3cccc(F)c3)nc2-n2ccc(C(F)(F)F)n2)c1. The Bertz CT molecular complexity index is 1380. The molecule has 0 atom stereocenters. The van der Waals surface area contributed by atoms with Gasteiger partial charge in [-0.1, -0.05) is 24.3 Å². The molecule has 0 fully saturated rings. The first-order chi connectivity index (χ1) is 16.2. The fourth-order valence-corrected chi connectivity index (χ4v) is 3.08. The first-order valence-corrected chi connectivity index (χ1v) is 9.73. The Balaban J connectivity index is 1.80. The predicted molar refractivity (Wildman–Crippen MR) is 116 cm³/mol. The van der Waals surface area contributed by atoms with Crippen molar-refractivity contribution in [2.24, 2.45) is 0 Å². The second kappa shape index (κ2) is 9.14. The van der Waals surface area contributed by atoms with Gasteiger partial charge in [0.1, 0.15) is 5.82 Å². The molecule has 0 aliphatic heterocycles. The van der Waals surface area contributed by atoms with Gasteiger partial charge in [0.05, 0.1) is 0 Å². The van der Waals surface area contributed by atoms with Crippen molar-refractivity contribution < 1.29 is 27.5 Å². The van der Waals surface area contributed by atoms with Gasteiger partial charge in [-0.15, -0.1) is 0 Å². The van der Waals surface area contributed by atoms with Crippen molar-refractivity contribution >= 4 is 23.7 Å². The number of carboxylic acids is 1. The van der Waals surface area contributed by atoms with Gasteiger partial charge in [-0.2, -0.15) is 23.3 Å². The maximum absolute atomic E-state index is 13.5. The van der Waals surface area contributed by atoms with Gasteiger partial charge in [-0.05, 0) is 47.5 Å². The van der Waals surface area contributed by atoms with Crippen molar-refractivity contribution in [3.63, 3.8) is 0 Å². The van der Waals surface area contributed by atoms with Gasteiger partial charge in [0, 0.05) is 29.7 Å². The van der Waals surface area contributed by atoms with Crippen LogP contribution in [0.15, 0.2) is 73.1 Å². The second-order valence-corrected chi connectivity index (χ2v) is 7.01. The molecule has 34 heavy (non-hydrogen) atoms.